The van der Waals surface area contributed by atoms with Gasteiger partial charge in [-0.1, -0.05) is 42.5 Å². The van der Waals surface area contributed by atoms with E-state index in [0.717, 1.165) is 35.5 Å². The van der Waals surface area contributed by atoms with Crippen LogP contribution >= 0.6 is 0 Å². The fourth-order valence-electron chi connectivity index (χ4n) is 4.22. The topological polar surface area (TPSA) is 80.2 Å². The number of H-pyrrole nitrogens is 1. The third-order valence-corrected chi connectivity index (χ3v) is 6.13. The zero-order valence-corrected chi connectivity index (χ0v) is 18.0. The summed E-state index contributed by atoms with van der Waals surface area (Å²) in [5, 5.41) is 6.92. The van der Waals surface area contributed by atoms with Crippen molar-refractivity contribution in [2.24, 2.45) is 0 Å². The van der Waals surface area contributed by atoms with Crippen molar-refractivity contribution in [1.82, 2.24) is 19.7 Å². The number of likely N-dealkylation sites (tertiary alicyclic amines) is 1. The second-order valence-corrected chi connectivity index (χ2v) is 8.05. The molecule has 0 saturated carbocycles. The number of hydrogen-bond acceptors (Lipinski definition) is 4. The summed E-state index contributed by atoms with van der Waals surface area (Å²) in [5.74, 6) is 1.70. The smallest absolute Gasteiger partial charge is 0.343 e. The Morgan fingerprint density at radius 3 is 2.45 bits per heavy atom. The molecule has 0 aliphatic carbocycles. The molecule has 3 aromatic rings. The number of amides is 1. The molecule has 1 aliphatic rings. The minimum atomic E-state index is -0.206. The van der Waals surface area contributed by atoms with Crippen LogP contribution in [0.3, 0.4) is 0 Å². The number of benzene rings is 2. The molecule has 1 fully saturated rings. The number of rotatable bonds is 6. The number of aromatic nitrogens is 3. The van der Waals surface area contributed by atoms with Gasteiger partial charge in [-0.2, -0.15) is 5.10 Å². The Balaban J connectivity index is 1.42. The van der Waals surface area contributed by atoms with Gasteiger partial charge in [0.1, 0.15) is 11.6 Å². The van der Waals surface area contributed by atoms with E-state index < -0.39 is 0 Å². The first-order valence-electron chi connectivity index (χ1n) is 10.7. The third kappa shape index (κ3) is 4.55. The van der Waals surface area contributed by atoms with Gasteiger partial charge in [-0.15, -0.1) is 0 Å². The molecule has 7 nitrogen and oxygen atoms in total. The van der Waals surface area contributed by atoms with Crippen molar-refractivity contribution in [3.05, 3.63) is 82.0 Å². The average Bonchev–Trinajstić information content (AvgIpc) is 3.19. The van der Waals surface area contributed by atoms with Crippen LogP contribution in [0.2, 0.25) is 0 Å². The van der Waals surface area contributed by atoms with Crippen molar-refractivity contribution >= 4 is 5.91 Å². The van der Waals surface area contributed by atoms with Crippen LogP contribution in [0.4, 0.5) is 0 Å². The summed E-state index contributed by atoms with van der Waals surface area (Å²) in [4.78, 5) is 27.3. The van der Waals surface area contributed by atoms with Crippen LogP contribution in [-0.4, -0.2) is 45.8 Å². The summed E-state index contributed by atoms with van der Waals surface area (Å²) in [6.07, 6.45) is 1.58. The lowest BCUT2D eigenvalue weighted by Crippen LogP contribution is -2.40. The molecule has 31 heavy (non-hydrogen) atoms. The van der Waals surface area contributed by atoms with Crippen molar-refractivity contribution in [3.63, 3.8) is 0 Å². The molecule has 4 rings (SSSR count). The quantitative estimate of drug-likeness (QED) is 0.664. The number of hydrogen-bond donors (Lipinski definition) is 1. The molecule has 2 heterocycles. The van der Waals surface area contributed by atoms with Gasteiger partial charge in [0.15, 0.2) is 0 Å². The van der Waals surface area contributed by atoms with Gasteiger partial charge in [-0.3, -0.25) is 9.36 Å². The zero-order chi connectivity index (χ0) is 21.8. The summed E-state index contributed by atoms with van der Waals surface area (Å²) in [6.45, 7) is 3.76. The van der Waals surface area contributed by atoms with E-state index in [1.165, 1.54) is 0 Å². The van der Waals surface area contributed by atoms with Crippen LogP contribution in [0, 0.1) is 0 Å². The lowest BCUT2D eigenvalue weighted by atomic mass is 9.93. The largest absolute Gasteiger partial charge is 0.497 e. The summed E-state index contributed by atoms with van der Waals surface area (Å²) < 4.78 is 6.91. The van der Waals surface area contributed by atoms with Crippen molar-refractivity contribution in [2.45, 2.75) is 38.1 Å². The number of nitrogens with zero attached hydrogens (tertiary/aromatic N) is 3. The van der Waals surface area contributed by atoms with E-state index in [1.54, 1.807) is 11.7 Å². The van der Waals surface area contributed by atoms with E-state index in [1.807, 2.05) is 66.4 Å². The fourth-order valence-corrected chi connectivity index (χ4v) is 4.22. The van der Waals surface area contributed by atoms with E-state index in [4.69, 9.17) is 4.74 Å². The predicted octanol–water partition coefficient (Wildman–Crippen LogP) is 3.14. The maximum Gasteiger partial charge on any atom is 0.343 e. The Hall–Kier alpha value is -3.35. The minimum Gasteiger partial charge on any atom is -0.497 e. The standard InChI is InChI=1S/C24H28N4O3/c1-17(19-6-4-3-5-7-19)23(29)27-14-12-20(13-15-27)22-25-26-24(30)28(22)16-18-8-10-21(31-2)11-9-18/h3-11,17,20H,12-16H2,1-2H3,(H,26,30). The molecule has 1 unspecified atom stereocenters. The number of carbonyl (C=O) groups is 1. The predicted molar refractivity (Wildman–Crippen MR) is 118 cm³/mol. The highest BCUT2D eigenvalue weighted by molar-refractivity contribution is 5.83. The molecule has 2 aromatic carbocycles. The average molecular weight is 421 g/mol. The second kappa shape index (κ2) is 9.20. The minimum absolute atomic E-state index is 0.147. The molecular formula is C24H28N4O3. The molecule has 1 N–H and O–H groups in total. The molecule has 0 bridgehead atoms. The highest BCUT2D eigenvalue weighted by Gasteiger charge is 2.30. The molecule has 162 valence electrons. The van der Waals surface area contributed by atoms with Crippen LogP contribution in [0.15, 0.2) is 59.4 Å². The Morgan fingerprint density at radius 1 is 1.13 bits per heavy atom. The summed E-state index contributed by atoms with van der Waals surface area (Å²) in [7, 11) is 1.63. The van der Waals surface area contributed by atoms with Crippen molar-refractivity contribution in [2.75, 3.05) is 20.2 Å². The number of ether oxygens (including phenoxy) is 1. The monoisotopic (exact) mass is 420 g/mol. The molecule has 1 atom stereocenters. The van der Waals surface area contributed by atoms with Crippen molar-refractivity contribution < 1.29 is 9.53 Å². The van der Waals surface area contributed by atoms with Crippen LogP contribution in [0.5, 0.6) is 5.75 Å². The zero-order valence-electron chi connectivity index (χ0n) is 18.0. The highest BCUT2D eigenvalue weighted by Crippen LogP contribution is 2.28. The van der Waals surface area contributed by atoms with Crippen LogP contribution in [0.25, 0.3) is 0 Å². The number of nitrogens with one attached hydrogen (secondary N) is 1. The molecule has 1 aromatic heterocycles. The third-order valence-electron chi connectivity index (χ3n) is 6.13. The van der Waals surface area contributed by atoms with Gasteiger partial charge in [0.25, 0.3) is 0 Å². The van der Waals surface area contributed by atoms with Crippen LogP contribution in [0.1, 0.15) is 48.6 Å². The molecule has 1 saturated heterocycles. The van der Waals surface area contributed by atoms with Gasteiger partial charge >= 0.3 is 5.69 Å². The number of carbonyl (C=O) groups excluding carboxylic acids is 1. The van der Waals surface area contributed by atoms with Crippen LogP contribution in [-0.2, 0) is 11.3 Å². The number of methoxy groups -OCH3 is 1. The molecule has 0 spiro atoms. The summed E-state index contributed by atoms with van der Waals surface area (Å²) in [6, 6.07) is 17.6. The van der Waals surface area contributed by atoms with E-state index in [2.05, 4.69) is 10.2 Å². The molecule has 7 heteroatoms. The first kappa shape index (κ1) is 20.9. The lowest BCUT2D eigenvalue weighted by Gasteiger charge is -2.33. The summed E-state index contributed by atoms with van der Waals surface area (Å²) >= 11 is 0. The van der Waals surface area contributed by atoms with Gasteiger partial charge in [-0.25, -0.2) is 9.89 Å². The van der Waals surface area contributed by atoms with Gasteiger partial charge in [0.05, 0.1) is 19.6 Å². The number of aromatic amines is 1. The van der Waals surface area contributed by atoms with Gasteiger partial charge < -0.3 is 9.64 Å². The van der Waals surface area contributed by atoms with E-state index in [0.29, 0.717) is 19.6 Å². The molecular weight excluding hydrogens is 392 g/mol. The van der Waals surface area contributed by atoms with Gasteiger partial charge in [0, 0.05) is 19.0 Å². The fraction of sp³-hybridized carbons (Fsp3) is 0.375. The van der Waals surface area contributed by atoms with E-state index in [-0.39, 0.29) is 23.4 Å². The first-order chi connectivity index (χ1) is 15.1. The first-order valence-corrected chi connectivity index (χ1v) is 10.7. The van der Waals surface area contributed by atoms with E-state index >= 15 is 0 Å². The Kier molecular flexibility index (Phi) is 6.21. The Bertz CT molecular complexity index is 1060. The molecule has 0 radical (unpaired) electrons. The van der Waals surface area contributed by atoms with Gasteiger partial charge in [-0.05, 0) is 43.0 Å². The van der Waals surface area contributed by atoms with E-state index in [9.17, 15) is 9.59 Å². The van der Waals surface area contributed by atoms with Gasteiger partial charge in [0.2, 0.25) is 5.91 Å². The SMILES string of the molecule is COc1ccc(Cn2c(C3CCN(C(=O)C(C)c4ccccc4)CC3)n[nH]c2=O)cc1. The second-order valence-electron chi connectivity index (χ2n) is 8.05. The lowest BCUT2D eigenvalue weighted by molar-refractivity contribution is -0.133. The maximum atomic E-state index is 12.9. The van der Waals surface area contributed by atoms with Crippen molar-refractivity contribution in [3.8, 4) is 5.75 Å². The normalized spacial score (nSPS) is 15.6. The Labute approximate surface area is 181 Å². The van der Waals surface area contributed by atoms with Crippen LogP contribution < -0.4 is 10.4 Å². The molecule has 1 amide bonds. The number of piperidine rings is 1. The Morgan fingerprint density at radius 2 is 1.81 bits per heavy atom. The molecule has 1 aliphatic heterocycles. The maximum absolute atomic E-state index is 12.9. The highest BCUT2D eigenvalue weighted by atomic mass is 16.5. The van der Waals surface area contributed by atoms with Crippen molar-refractivity contribution in [1.29, 1.82) is 0 Å². The summed E-state index contributed by atoms with van der Waals surface area (Å²) in [5.41, 5.74) is 1.84.